The third-order valence-electron chi connectivity index (χ3n) is 4.72. The minimum absolute atomic E-state index is 0.241. The van der Waals surface area contributed by atoms with Crippen LogP contribution in [0.15, 0.2) is 27.0 Å². The molecule has 3 aromatic heterocycles. The highest BCUT2D eigenvalue weighted by molar-refractivity contribution is 7.82. The van der Waals surface area contributed by atoms with Gasteiger partial charge in [-0.3, -0.25) is 4.68 Å². The van der Waals surface area contributed by atoms with E-state index in [0.29, 0.717) is 17.3 Å². The molecule has 0 amide bonds. The first-order valence-electron chi connectivity index (χ1n) is 9.77. The molecule has 0 aromatic carbocycles. The van der Waals surface area contributed by atoms with Gasteiger partial charge in [-0.2, -0.15) is 13.9 Å². The summed E-state index contributed by atoms with van der Waals surface area (Å²) in [4.78, 5) is 8.65. The molecule has 0 aliphatic rings. The molecule has 3 heterocycles. The lowest BCUT2D eigenvalue weighted by molar-refractivity contribution is 0.686. The Hall–Kier alpha value is -2.56. The summed E-state index contributed by atoms with van der Waals surface area (Å²) < 4.78 is 21.4. The second-order valence-electron chi connectivity index (χ2n) is 7.49. The summed E-state index contributed by atoms with van der Waals surface area (Å²) >= 11 is 10.1. The minimum Gasteiger partial charge on any atom is -0.375 e. The lowest BCUT2D eigenvalue weighted by Gasteiger charge is -2.19. The Labute approximate surface area is 199 Å². The Morgan fingerprint density at radius 1 is 1.19 bits per heavy atom. The molecule has 12 heteroatoms. The second kappa shape index (κ2) is 9.93. The molecule has 3 rings (SSSR count). The van der Waals surface area contributed by atoms with E-state index in [1.54, 1.807) is 16.8 Å². The largest absolute Gasteiger partial charge is 0.375 e. The van der Waals surface area contributed by atoms with Crippen molar-refractivity contribution in [3.05, 3.63) is 39.8 Å². The average Bonchev–Trinajstić information content (AvgIpc) is 2.99. The number of aromatic nitrogens is 4. The van der Waals surface area contributed by atoms with Crippen LogP contribution < -0.4 is 10.6 Å². The molecule has 170 valence electrons. The standard InChI is InChI=1S/C20H24Cl2N8OS/c1-10(2)14-9-17(27-20-18(14)11(3)28-30(20)6)26-19(29-32(31)23-5)12(4)24-13-7-15(21)25-16(22)8-13/h7-10,12H,5H2,1-4,6H3,(H,24,25)(H,26,27,29). The van der Waals surface area contributed by atoms with E-state index in [2.05, 4.69) is 50.1 Å². The zero-order valence-corrected chi connectivity index (χ0v) is 20.7. The number of hydrogen-bond donors (Lipinski definition) is 2. The first-order chi connectivity index (χ1) is 15.1. The fourth-order valence-electron chi connectivity index (χ4n) is 3.32. The number of fused-ring (bicyclic) bond motifs is 1. The van der Waals surface area contributed by atoms with Crippen molar-refractivity contribution < 1.29 is 4.21 Å². The molecule has 32 heavy (non-hydrogen) atoms. The maximum Gasteiger partial charge on any atom is 0.266 e. The second-order valence-corrected chi connectivity index (χ2v) is 9.16. The summed E-state index contributed by atoms with van der Waals surface area (Å²) in [5.74, 6) is 1.13. The molecule has 0 bridgehead atoms. The number of pyridine rings is 2. The number of anilines is 2. The molecule has 3 aromatic rings. The van der Waals surface area contributed by atoms with Gasteiger partial charge >= 0.3 is 0 Å². The van der Waals surface area contributed by atoms with Crippen LogP contribution in [0.1, 0.15) is 37.9 Å². The zero-order valence-electron chi connectivity index (χ0n) is 18.3. The Kier molecular flexibility index (Phi) is 7.47. The molecule has 2 atom stereocenters. The van der Waals surface area contributed by atoms with Crippen molar-refractivity contribution in [2.24, 2.45) is 15.8 Å². The number of hydrogen-bond acceptors (Lipinski definition) is 5. The van der Waals surface area contributed by atoms with Crippen molar-refractivity contribution in [3.8, 4) is 0 Å². The third-order valence-corrected chi connectivity index (χ3v) is 5.68. The molecule has 0 spiro atoms. The predicted molar refractivity (Wildman–Crippen MR) is 133 cm³/mol. The Balaban J connectivity index is 2.01. The summed E-state index contributed by atoms with van der Waals surface area (Å²) in [5, 5.41) is 12.4. The fraction of sp³-hybridized carbons (Fsp3) is 0.350. The Bertz CT molecular complexity index is 1200. The van der Waals surface area contributed by atoms with Crippen LogP contribution in [0.4, 0.5) is 11.5 Å². The molecule has 0 saturated carbocycles. The average molecular weight is 495 g/mol. The molecule has 0 aliphatic carbocycles. The van der Waals surface area contributed by atoms with Gasteiger partial charge in [-0.1, -0.05) is 37.0 Å². The lowest BCUT2D eigenvalue weighted by Crippen LogP contribution is -2.33. The highest BCUT2D eigenvalue weighted by Crippen LogP contribution is 2.29. The minimum atomic E-state index is -1.87. The van der Waals surface area contributed by atoms with Crippen LogP contribution in [0, 0.1) is 6.92 Å². The molecular formula is C20H24Cl2N8OS. The number of amidine groups is 1. The first kappa shape index (κ1) is 24.1. The van der Waals surface area contributed by atoms with Crippen molar-refractivity contribution in [3.63, 3.8) is 0 Å². The van der Waals surface area contributed by atoms with Crippen molar-refractivity contribution >= 4 is 69.5 Å². The number of halogens is 2. The van der Waals surface area contributed by atoms with E-state index in [1.807, 2.05) is 27.0 Å². The van der Waals surface area contributed by atoms with E-state index in [9.17, 15) is 4.21 Å². The third kappa shape index (κ3) is 5.43. The van der Waals surface area contributed by atoms with Crippen LogP contribution >= 0.6 is 23.2 Å². The van der Waals surface area contributed by atoms with Gasteiger partial charge in [0.25, 0.3) is 11.2 Å². The van der Waals surface area contributed by atoms with E-state index in [0.717, 1.165) is 22.3 Å². The zero-order chi connectivity index (χ0) is 23.6. The van der Waals surface area contributed by atoms with E-state index >= 15 is 0 Å². The van der Waals surface area contributed by atoms with Crippen molar-refractivity contribution in [2.75, 3.05) is 10.6 Å². The van der Waals surface area contributed by atoms with Gasteiger partial charge in [0.2, 0.25) is 0 Å². The molecule has 0 fully saturated rings. The molecule has 9 nitrogen and oxygen atoms in total. The molecule has 0 saturated heterocycles. The van der Waals surface area contributed by atoms with E-state index < -0.39 is 17.2 Å². The predicted octanol–water partition coefficient (Wildman–Crippen LogP) is 4.69. The Morgan fingerprint density at radius 3 is 2.44 bits per heavy atom. The lowest BCUT2D eigenvalue weighted by atomic mass is 10.00. The number of nitrogens with one attached hydrogen (secondary N) is 2. The monoisotopic (exact) mass is 494 g/mol. The maximum atomic E-state index is 12.1. The number of rotatable bonds is 7. The van der Waals surface area contributed by atoms with Gasteiger partial charge in [0, 0.05) is 24.8 Å². The smallest absolute Gasteiger partial charge is 0.266 e. The molecule has 0 aliphatic heterocycles. The first-order valence-corrected chi connectivity index (χ1v) is 11.6. The van der Waals surface area contributed by atoms with Crippen molar-refractivity contribution in [2.45, 2.75) is 39.7 Å². The maximum absolute atomic E-state index is 12.1. The van der Waals surface area contributed by atoms with Crippen LogP contribution in [0.2, 0.25) is 10.3 Å². The van der Waals surface area contributed by atoms with Gasteiger partial charge in [0.05, 0.1) is 11.7 Å². The van der Waals surface area contributed by atoms with E-state index in [-0.39, 0.29) is 16.2 Å². The van der Waals surface area contributed by atoms with Crippen molar-refractivity contribution in [1.29, 1.82) is 0 Å². The van der Waals surface area contributed by atoms with E-state index in [1.165, 1.54) is 0 Å². The van der Waals surface area contributed by atoms with Crippen LogP contribution in [0.3, 0.4) is 0 Å². The highest BCUT2D eigenvalue weighted by Gasteiger charge is 2.19. The quantitative estimate of drug-likeness (QED) is 0.280. The van der Waals surface area contributed by atoms with Crippen LogP contribution in [-0.2, 0) is 18.2 Å². The summed E-state index contributed by atoms with van der Waals surface area (Å²) in [7, 11) is 1.85. The molecule has 0 radical (unpaired) electrons. The van der Waals surface area contributed by atoms with Gasteiger partial charge < -0.3 is 10.6 Å². The summed E-state index contributed by atoms with van der Waals surface area (Å²) in [5.41, 5.74) is 3.38. The van der Waals surface area contributed by atoms with E-state index in [4.69, 9.17) is 28.2 Å². The molecule has 2 unspecified atom stereocenters. The molecular weight excluding hydrogens is 471 g/mol. The van der Waals surface area contributed by atoms with Crippen LogP contribution in [0.5, 0.6) is 0 Å². The van der Waals surface area contributed by atoms with Gasteiger partial charge in [0.1, 0.15) is 22.0 Å². The summed E-state index contributed by atoms with van der Waals surface area (Å²) in [6.45, 7) is 11.3. The number of nitrogens with zero attached hydrogens (tertiary/aromatic N) is 6. The highest BCUT2D eigenvalue weighted by atomic mass is 35.5. The van der Waals surface area contributed by atoms with Gasteiger partial charge in [0.15, 0.2) is 5.65 Å². The van der Waals surface area contributed by atoms with Crippen LogP contribution in [0.25, 0.3) is 11.0 Å². The Morgan fingerprint density at radius 2 is 1.84 bits per heavy atom. The fourth-order valence-corrected chi connectivity index (χ4v) is 4.21. The SMILES string of the molecule is C=NS(=O)/N=C(/Nc1cc(C(C)C)c2c(C)nn(C)c2n1)C(C)Nc1cc(Cl)nc(Cl)c1. The van der Waals surface area contributed by atoms with Gasteiger partial charge in [-0.25, -0.2) is 14.2 Å². The summed E-state index contributed by atoms with van der Waals surface area (Å²) in [6, 6.07) is 4.78. The topological polar surface area (TPSA) is 109 Å². The van der Waals surface area contributed by atoms with Gasteiger partial charge in [-0.15, -0.1) is 0 Å². The van der Waals surface area contributed by atoms with Crippen molar-refractivity contribution in [1.82, 2.24) is 19.7 Å². The number of aryl methyl sites for hydroxylation is 2. The summed E-state index contributed by atoms with van der Waals surface area (Å²) in [6.07, 6.45) is 0. The van der Waals surface area contributed by atoms with Crippen LogP contribution in [-0.4, -0.2) is 42.6 Å². The molecule has 2 N–H and O–H groups in total. The van der Waals surface area contributed by atoms with Gasteiger partial charge in [-0.05, 0) is 43.5 Å². The normalized spacial score (nSPS) is 13.9.